The van der Waals surface area contributed by atoms with E-state index in [-0.39, 0.29) is 0 Å². The van der Waals surface area contributed by atoms with Gasteiger partial charge in [0, 0.05) is 19.6 Å². The maximum Gasteiger partial charge on any atom is 0.243 e. The Morgan fingerprint density at radius 1 is 1.30 bits per heavy atom. The van der Waals surface area contributed by atoms with Crippen LogP contribution < -0.4 is 5.32 Å². The van der Waals surface area contributed by atoms with Crippen LogP contribution in [-0.2, 0) is 16.6 Å². The van der Waals surface area contributed by atoms with Crippen LogP contribution >= 0.6 is 0 Å². The second-order valence-corrected chi connectivity index (χ2v) is 7.42. The summed E-state index contributed by atoms with van der Waals surface area (Å²) in [6.45, 7) is 4.24. The molecule has 2 rings (SSSR count). The van der Waals surface area contributed by atoms with E-state index < -0.39 is 10.0 Å². The van der Waals surface area contributed by atoms with E-state index in [1.807, 2.05) is 19.2 Å². The second-order valence-electron chi connectivity index (χ2n) is 5.48. The van der Waals surface area contributed by atoms with Gasteiger partial charge in [-0.2, -0.15) is 4.31 Å². The minimum absolute atomic E-state index is 0.412. The molecule has 0 saturated carbocycles. The fourth-order valence-corrected chi connectivity index (χ4v) is 4.32. The van der Waals surface area contributed by atoms with Crippen molar-refractivity contribution < 1.29 is 8.42 Å². The van der Waals surface area contributed by atoms with Gasteiger partial charge in [-0.25, -0.2) is 8.42 Å². The summed E-state index contributed by atoms with van der Waals surface area (Å²) in [5, 5.41) is 3.06. The molecule has 1 N–H and O–H groups in total. The normalized spacial score (nSPS) is 20.4. The van der Waals surface area contributed by atoms with E-state index in [1.165, 1.54) is 0 Å². The van der Waals surface area contributed by atoms with Crippen molar-refractivity contribution in [1.82, 2.24) is 9.62 Å². The molecular weight excluding hydrogens is 272 g/mol. The summed E-state index contributed by atoms with van der Waals surface area (Å²) in [6.07, 6.45) is 3.23. The van der Waals surface area contributed by atoms with Crippen molar-refractivity contribution in [3.8, 4) is 0 Å². The lowest BCUT2D eigenvalue weighted by atomic mass is 10.0. The van der Waals surface area contributed by atoms with Crippen molar-refractivity contribution in [2.75, 3.05) is 20.1 Å². The molecule has 1 aliphatic rings. The van der Waals surface area contributed by atoms with Gasteiger partial charge in [-0.15, -0.1) is 0 Å². The van der Waals surface area contributed by atoms with Gasteiger partial charge >= 0.3 is 0 Å². The molecule has 1 saturated heterocycles. The van der Waals surface area contributed by atoms with Gasteiger partial charge in [0.1, 0.15) is 0 Å². The minimum atomic E-state index is -3.31. The molecule has 1 unspecified atom stereocenters. The quantitative estimate of drug-likeness (QED) is 0.875. The second kappa shape index (κ2) is 6.70. The standard InChI is InChI=1S/C15H24N2O2S/c1-3-4-14-9-10-17(12-14)20(18,19)15-7-5-13(6-8-15)11-16-2/h5-8,14,16H,3-4,9-12H2,1-2H3. The van der Waals surface area contributed by atoms with Crippen LogP contribution in [0.1, 0.15) is 31.7 Å². The highest BCUT2D eigenvalue weighted by atomic mass is 32.2. The van der Waals surface area contributed by atoms with Crippen molar-refractivity contribution >= 4 is 10.0 Å². The molecule has 1 heterocycles. The maximum absolute atomic E-state index is 12.6. The Labute approximate surface area is 122 Å². The van der Waals surface area contributed by atoms with Crippen LogP contribution in [0.2, 0.25) is 0 Å². The molecule has 0 aliphatic carbocycles. The molecule has 20 heavy (non-hydrogen) atoms. The minimum Gasteiger partial charge on any atom is -0.316 e. The third-order valence-corrected chi connectivity index (χ3v) is 5.77. The molecule has 0 bridgehead atoms. The van der Waals surface area contributed by atoms with Gasteiger partial charge in [-0.3, -0.25) is 0 Å². The third kappa shape index (κ3) is 3.40. The average Bonchev–Trinajstić information content (AvgIpc) is 2.90. The predicted octanol–water partition coefficient (Wildman–Crippen LogP) is 2.22. The number of nitrogens with zero attached hydrogens (tertiary/aromatic N) is 1. The van der Waals surface area contributed by atoms with Crippen LogP contribution in [0.25, 0.3) is 0 Å². The SMILES string of the molecule is CCCC1CCN(S(=O)(=O)c2ccc(CNC)cc2)C1. The van der Waals surface area contributed by atoms with Crippen LogP contribution in [0.3, 0.4) is 0 Å². The first-order valence-electron chi connectivity index (χ1n) is 7.31. The first kappa shape index (κ1) is 15.5. The molecule has 1 aromatic carbocycles. The summed E-state index contributed by atoms with van der Waals surface area (Å²) in [4.78, 5) is 0.412. The molecule has 1 aromatic rings. The van der Waals surface area contributed by atoms with Crippen molar-refractivity contribution in [2.45, 2.75) is 37.6 Å². The number of rotatable bonds is 6. The molecule has 112 valence electrons. The molecule has 0 spiro atoms. The molecule has 1 atom stereocenters. The highest BCUT2D eigenvalue weighted by Crippen LogP contribution is 2.26. The van der Waals surface area contributed by atoms with E-state index in [0.717, 1.165) is 31.4 Å². The Bertz CT molecular complexity index is 525. The number of sulfonamides is 1. The van der Waals surface area contributed by atoms with Gasteiger partial charge in [0.2, 0.25) is 10.0 Å². The molecule has 0 aromatic heterocycles. The summed E-state index contributed by atoms with van der Waals surface area (Å²) < 4.78 is 26.8. The molecule has 5 heteroatoms. The van der Waals surface area contributed by atoms with E-state index in [0.29, 0.717) is 23.9 Å². The molecular formula is C15H24N2O2S. The zero-order chi connectivity index (χ0) is 14.6. The van der Waals surface area contributed by atoms with Crippen LogP contribution in [0.4, 0.5) is 0 Å². The van der Waals surface area contributed by atoms with E-state index >= 15 is 0 Å². The average molecular weight is 296 g/mol. The van der Waals surface area contributed by atoms with Gasteiger partial charge in [0.25, 0.3) is 0 Å². The number of nitrogens with one attached hydrogen (secondary N) is 1. The monoisotopic (exact) mass is 296 g/mol. The van der Waals surface area contributed by atoms with Crippen molar-refractivity contribution in [3.63, 3.8) is 0 Å². The zero-order valence-corrected chi connectivity index (χ0v) is 13.1. The molecule has 0 amide bonds. The summed E-state index contributed by atoms with van der Waals surface area (Å²) in [7, 11) is -1.43. The topological polar surface area (TPSA) is 49.4 Å². The zero-order valence-electron chi connectivity index (χ0n) is 12.3. The van der Waals surface area contributed by atoms with Gasteiger partial charge in [-0.05, 0) is 43.5 Å². The summed E-state index contributed by atoms with van der Waals surface area (Å²) in [5.74, 6) is 0.526. The lowest BCUT2D eigenvalue weighted by Gasteiger charge is -2.17. The molecule has 1 fully saturated rings. The Morgan fingerprint density at radius 2 is 2.00 bits per heavy atom. The Balaban J connectivity index is 2.10. The Morgan fingerprint density at radius 3 is 2.60 bits per heavy atom. The van der Waals surface area contributed by atoms with Crippen molar-refractivity contribution in [2.24, 2.45) is 5.92 Å². The molecule has 0 radical (unpaired) electrons. The van der Waals surface area contributed by atoms with Crippen molar-refractivity contribution in [3.05, 3.63) is 29.8 Å². The highest BCUT2D eigenvalue weighted by molar-refractivity contribution is 7.89. The summed E-state index contributed by atoms with van der Waals surface area (Å²) in [6, 6.07) is 7.19. The number of benzene rings is 1. The molecule has 1 aliphatic heterocycles. The number of hydrogen-bond donors (Lipinski definition) is 1. The third-order valence-electron chi connectivity index (χ3n) is 3.89. The van der Waals surface area contributed by atoms with Crippen molar-refractivity contribution in [1.29, 1.82) is 0 Å². The van der Waals surface area contributed by atoms with Gasteiger partial charge in [-0.1, -0.05) is 25.5 Å². The van der Waals surface area contributed by atoms with E-state index in [9.17, 15) is 8.42 Å². The van der Waals surface area contributed by atoms with E-state index in [1.54, 1.807) is 16.4 Å². The van der Waals surface area contributed by atoms with E-state index in [4.69, 9.17) is 0 Å². The van der Waals surface area contributed by atoms with Crippen LogP contribution in [0.15, 0.2) is 29.2 Å². The van der Waals surface area contributed by atoms with Gasteiger partial charge in [0.05, 0.1) is 4.90 Å². The smallest absolute Gasteiger partial charge is 0.243 e. The van der Waals surface area contributed by atoms with Crippen LogP contribution in [0.5, 0.6) is 0 Å². The highest BCUT2D eigenvalue weighted by Gasteiger charge is 2.31. The molecule has 4 nitrogen and oxygen atoms in total. The van der Waals surface area contributed by atoms with Gasteiger partial charge < -0.3 is 5.32 Å². The number of hydrogen-bond acceptors (Lipinski definition) is 3. The predicted molar refractivity (Wildman–Crippen MR) is 81.0 cm³/mol. The Kier molecular flexibility index (Phi) is 5.18. The Hall–Kier alpha value is -0.910. The van der Waals surface area contributed by atoms with Crippen LogP contribution in [-0.4, -0.2) is 32.9 Å². The first-order valence-corrected chi connectivity index (χ1v) is 8.75. The lowest BCUT2D eigenvalue weighted by Crippen LogP contribution is -2.28. The lowest BCUT2D eigenvalue weighted by molar-refractivity contribution is 0.444. The maximum atomic E-state index is 12.6. The largest absolute Gasteiger partial charge is 0.316 e. The summed E-state index contributed by atoms with van der Waals surface area (Å²) in [5.41, 5.74) is 1.09. The van der Waals surface area contributed by atoms with Gasteiger partial charge in [0.15, 0.2) is 0 Å². The van der Waals surface area contributed by atoms with Crippen LogP contribution in [0, 0.1) is 5.92 Å². The fourth-order valence-electron chi connectivity index (χ4n) is 2.79. The fraction of sp³-hybridized carbons (Fsp3) is 0.600. The van der Waals surface area contributed by atoms with E-state index in [2.05, 4.69) is 12.2 Å². The first-order chi connectivity index (χ1) is 9.57. The summed E-state index contributed by atoms with van der Waals surface area (Å²) >= 11 is 0.